The zero-order valence-corrected chi connectivity index (χ0v) is 12.1. The minimum absolute atomic E-state index is 0.0868. The van der Waals surface area contributed by atoms with Crippen LogP contribution in [0.4, 0.5) is 0 Å². The average molecular weight is 249 g/mol. The normalized spacial score (nSPS) is 14.7. The average Bonchev–Trinajstić information content (AvgIpc) is 2.09. The molecule has 0 radical (unpaired) electrons. The van der Waals surface area contributed by atoms with E-state index in [1.165, 1.54) is 0 Å². The van der Waals surface area contributed by atoms with Crippen LogP contribution in [0.25, 0.3) is 0 Å². The third kappa shape index (κ3) is 7.23. The third-order valence-corrected chi connectivity index (χ3v) is 4.52. The van der Waals surface area contributed by atoms with Gasteiger partial charge in [-0.1, -0.05) is 34.6 Å². The Hall–Kier alpha value is -0.0900. The lowest BCUT2D eigenvalue weighted by atomic mass is 10.1. The van der Waals surface area contributed by atoms with Crippen LogP contribution in [0.5, 0.6) is 0 Å². The molecule has 4 heteroatoms. The van der Waals surface area contributed by atoms with Crippen LogP contribution in [0.1, 0.15) is 41.0 Å². The van der Waals surface area contributed by atoms with Crippen molar-refractivity contribution in [3.63, 3.8) is 0 Å². The van der Waals surface area contributed by atoms with Crippen LogP contribution < -0.4 is 5.32 Å². The van der Waals surface area contributed by atoms with E-state index in [0.29, 0.717) is 11.7 Å². The molecule has 0 rings (SSSR count). The summed E-state index contributed by atoms with van der Waals surface area (Å²) in [6, 6.07) is 0.0868. The highest BCUT2D eigenvalue weighted by atomic mass is 32.2. The van der Waals surface area contributed by atoms with Crippen molar-refractivity contribution in [1.82, 2.24) is 5.32 Å². The molecule has 0 aromatic rings. The van der Waals surface area contributed by atoms with Crippen LogP contribution in [0.3, 0.4) is 0 Å². The molecule has 0 aliphatic carbocycles. The predicted octanol–water partition coefficient (Wildman–Crippen LogP) is 2.08. The molecule has 0 aliphatic rings. The van der Waals surface area contributed by atoms with Gasteiger partial charge in [-0.05, 0) is 24.8 Å². The largest absolute Gasteiger partial charge is 0.313 e. The van der Waals surface area contributed by atoms with E-state index in [-0.39, 0.29) is 17.7 Å². The lowest BCUT2D eigenvalue weighted by molar-refractivity contribution is 0.425. The lowest BCUT2D eigenvalue weighted by Gasteiger charge is -2.22. The lowest BCUT2D eigenvalue weighted by Crippen LogP contribution is -2.41. The van der Waals surface area contributed by atoms with Gasteiger partial charge in [-0.3, -0.25) is 0 Å². The first kappa shape index (κ1) is 15.9. The zero-order chi connectivity index (χ0) is 12.8. The standard InChI is InChI=1S/C12H27NO2S/c1-6-7-13-12(11(4)5)9-16(14,15)8-10(2)3/h10-13H,6-9H2,1-5H3. The van der Waals surface area contributed by atoms with E-state index < -0.39 is 9.84 Å². The molecule has 1 atom stereocenters. The fraction of sp³-hybridized carbons (Fsp3) is 1.00. The molecular weight excluding hydrogens is 222 g/mol. The van der Waals surface area contributed by atoms with Gasteiger partial charge in [-0.15, -0.1) is 0 Å². The molecule has 0 aromatic carbocycles. The van der Waals surface area contributed by atoms with Gasteiger partial charge in [0.15, 0.2) is 9.84 Å². The minimum Gasteiger partial charge on any atom is -0.313 e. The topological polar surface area (TPSA) is 46.2 Å². The van der Waals surface area contributed by atoms with Gasteiger partial charge in [0.2, 0.25) is 0 Å². The first-order valence-electron chi connectivity index (χ1n) is 6.22. The Morgan fingerprint density at radius 3 is 2.00 bits per heavy atom. The number of sulfone groups is 1. The van der Waals surface area contributed by atoms with E-state index in [0.717, 1.165) is 13.0 Å². The molecule has 98 valence electrons. The Kier molecular flexibility index (Phi) is 7.24. The Morgan fingerprint density at radius 1 is 1.06 bits per heavy atom. The van der Waals surface area contributed by atoms with Crippen molar-refractivity contribution in [2.75, 3.05) is 18.1 Å². The molecule has 3 nitrogen and oxygen atoms in total. The molecule has 16 heavy (non-hydrogen) atoms. The molecule has 0 heterocycles. The molecule has 1 N–H and O–H groups in total. The zero-order valence-electron chi connectivity index (χ0n) is 11.3. The van der Waals surface area contributed by atoms with Crippen LogP contribution in [-0.4, -0.2) is 32.5 Å². The molecule has 0 aromatic heterocycles. The molecule has 0 spiro atoms. The third-order valence-electron chi connectivity index (χ3n) is 2.48. The first-order valence-corrected chi connectivity index (χ1v) is 8.04. The number of hydrogen-bond donors (Lipinski definition) is 1. The van der Waals surface area contributed by atoms with Crippen molar-refractivity contribution in [2.45, 2.75) is 47.1 Å². The van der Waals surface area contributed by atoms with E-state index in [1.54, 1.807) is 0 Å². The summed E-state index contributed by atoms with van der Waals surface area (Å²) in [4.78, 5) is 0. The highest BCUT2D eigenvalue weighted by Gasteiger charge is 2.22. The number of nitrogens with one attached hydrogen (secondary N) is 1. The van der Waals surface area contributed by atoms with Crippen LogP contribution in [0, 0.1) is 11.8 Å². The summed E-state index contributed by atoms with van der Waals surface area (Å²) in [6.45, 7) is 11.0. The van der Waals surface area contributed by atoms with Crippen molar-refractivity contribution >= 4 is 9.84 Å². The maximum Gasteiger partial charge on any atom is 0.152 e. The van der Waals surface area contributed by atoms with E-state index in [1.807, 2.05) is 13.8 Å². The monoisotopic (exact) mass is 249 g/mol. The Morgan fingerprint density at radius 2 is 1.62 bits per heavy atom. The molecule has 0 saturated carbocycles. The Balaban J connectivity index is 4.38. The molecule has 0 amide bonds. The number of rotatable bonds is 8. The van der Waals surface area contributed by atoms with Crippen molar-refractivity contribution in [3.05, 3.63) is 0 Å². The molecule has 0 bridgehead atoms. The fourth-order valence-electron chi connectivity index (χ4n) is 1.67. The van der Waals surface area contributed by atoms with Gasteiger partial charge in [0.05, 0.1) is 11.5 Å². The van der Waals surface area contributed by atoms with Crippen LogP contribution >= 0.6 is 0 Å². The van der Waals surface area contributed by atoms with Gasteiger partial charge in [0, 0.05) is 6.04 Å². The summed E-state index contributed by atoms with van der Waals surface area (Å²) in [6.07, 6.45) is 1.04. The van der Waals surface area contributed by atoms with Crippen LogP contribution in [0.2, 0.25) is 0 Å². The van der Waals surface area contributed by atoms with Gasteiger partial charge in [0.1, 0.15) is 0 Å². The van der Waals surface area contributed by atoms with Crippen molar-refractivity contribution in [3.8, 4) is 0 Å². The van der Waals surface area contributed by atoms with Gasteiger partial charge >= 0.3 is 0 Å². The smallest absolute Gasteiger partial charge is 0.152 e. The number of hydrogen-bond acceptors (Lipinski definition) is 3. The second kappa shape index (κ2) is 7.28. The summed E-state index contributed by atoms with van der Waals surface area (Å²) in [7, 11) is -2.92. The Labute approximate surface area is 101 Å². The highest BCUT2D eigenvalue weighted by molar-refractivity contribution is 7.91. The van der Waals surface area contributed by atoms with Crippen molar-refractivity contribution < 1.29 is 8.42 Å². The van der Waals surface area contributed by atoms with Gasteiger partial charge < -0.3 is 5.32 Å². The SMILES string of the molecule is CCCNC(CS(=O)(=O)CC(C)C)C(C)C. The predicted molar refractivity (Wildman–Crippen MR) is 70.4 cm³/mol. The maximum absolute atomic E-state index is 11.9. The summed E-state index contributed by atoms with van der Waals surface area (Å²) >= 11 is 0. The van der Waals surface area contributed by atoms with E-state index in [9.17, 15) is 8.42 Å². The van der Waals surface area contributed by atoms with Crippen LogP contribution in [-0.2, 0) is 9.84 Å². The van der Waals surface area contributed by atoms with Gasteiger partial charge in [-0.2, -0.15) is 0 Å². The molecule has 0 aliphatic heterocycles. The molecule has 1 unspecified atom stereocenters. The van der Waals surface area contributed by atoms with Gasteiger partial charge in [-0.25, -0.2) is 8.42 Å². The molecule has 0 saturated heterocycles. The summed E-state index contributed by atoms with van der Waals surface area (Å²) in [5.41, 5.74) is 0. The van der Waals surface area contributed by atoms with E-state index in [2.05, 4.69) is 26.1 Å². The summed E-state index contributed by atoms with van der Waals surface area (Å²) in [5.74, 6) is 1.13. The second-order valence-corrected chi connectivity index (χ2v) is 7.43. The molecule has 0 fully saturated rings. The Bertz CT molecular complexity index is 271. The minimum atomic E-state index is -2.92. The maximum atomic E-state index is 11.9. The van der Waals surface area contributed by atoms with Gasteiger partial charge in [0.25, 0.3) is 0 Å². The first-order chi connectivity index (χ1) is 7.28. The van der Waals surface area contributed by atoms with Crippen molar-refractivity contribution in [2.24, 2.45) is 11.8 Å². The quantitative estimate of drug-likeness (QED) is 0.716. The second-order valence-electron chi connectivity index (χ2n) is 5.28. The highest BCUT2D eigenvalue weighted by Crippen LogP contribution is 2.08. The fourth-order valence-corrected chi connectivity index (χ4v) is 3.87. The van der Waals surface area contributed by atoms with Crippen molar-refractivity contribution in [1.29, 1.82) is 0 Å². The molecular formula is C12H27NO2S. The summed E-state index contributed by atoms with van der Waals surface area (Å²) in [5, 5.41) is 3.32. The van der Waals surface area contributed by atoms with Crippen LogP contribution in [0.15, 0.2) is 0 Å². The van der Waals surface area contributed by atoms with E-state index >= 15 is 0 Å². The van der Waals surface area contributed by atoms with E-state index in [4.69, 9.17) is 0 Å². The summed E-state index contributed by atoms with van der Waals surface area (Å²) < 4.78 is 23.8.